The molecule has 0 aliphatic rings. The molecule has 3 rings (SSSR count). The average molecular weight is 393 g/mol. The van der Waals surface area contributed by atoms with E-state index in [9.17, 15) is 14.4 Å². The summed E-state index contributed by atoms with van der Waals surface area (Å²) >= 11 is 0. The molecule has 0 saturated heterocycles. The fourth-order valence-electron chi connectivity index (χ4n) is 3.10. The molecule has 29 heavy (non-hydrogen) atoms. The number of hydrogen-bond donors (Lipinski definition) is 0. The maximum atomic E-state index is 12.4. The van der Waals surface area contributed by atoms with Crippen molar-refractivity contribution in [2.45, 2.75) is 19.8 Å². The van der Waals surface area contributed by atoms with E-state index in [4.69, 9.17) is 4.74 Å². The van der Waals surface area contributed by atoms with E-state index in [1.165, 1.54) is 4.57 Å². The summed E-state index contributed by atoms with van der Waals surface area (Å²) in [6.07, 6.45) is 0.281. The molecule has 0 saturated carbocycles. The summed E-state index contributed by atoms with van der Waals surface area (Å²) in [5.41, 5.74) is 1.19. The molecule has 0 aliphatic heterocycles. The number of para-hydroxylation sites is 2. The fraction of sp³-hybridized carbons (Fsp3) is 0.273. The molecule has 0 atom stereocenters. The number of fused-ring (bicyclic) bond motifs is 1. The summed E-state index contributed by atoms with van der Waals surface area (Å²) in [4.78, 5) is 42.9. The van der Waals surface area contributed by atoms with Crippen LogP contribution in [0.3, 0.4) is 0 Å². The molecule has 2 aromatic carbocycles. The van der Waals surface area contributed by atoms with Crippen LogP contribution in [-0.4, -0.2) is 34.6 Å². The number of carbonyl (C=O) groups excluding carboxylic acids is 2. The summed E-state index contributed by atoms with van der Waals surface area (Å²) in [7, 11) is 1.63. The van der Waals surface area contributed by atoms with Crippen molar-refractivity contribution >= 4 is 28.5 Å². The van der Waals surface area contributed by atoms with Crippen molar-refractivity contribution in [1.29, 1.82) is 0 Å². The van der Waals surface area contributed by atoms with Gasteiger partial charge in [0.1, 0.15) is 5.82 Å². The molecule has 1 aromatic heterocycles. The predicted molar refractivity (Wildman–Crippen MR) is 111 cm³/mol. The molecule has 7 nitrogen and oxygen atoms in total. The van der Waals surface area contributed by atoms with Gasteiger partial charge in [-0.25, -0.2) is 4.98 Å². The molecule has 1 heterocycles. The molecule has 0 bridgehead atoms. The van der Waals surface area contributed by atoms with E-state index in [1.54, 1.807) is 30.1 Å². The fourth-order valence-corrected chi connectivity index (χ4v) is 3.10. The average Bonchev–Trinajstić information content (AvgIpc) is 2.75. The van der Waals surface area contributed by atoms with Crippen LogP contribution in [-0.2, 0) is 27.8 Å². The van der Waals surface area contributed by atoms with Crippen LogP contribution in [0, 0.1) is 0 Å². The number of anilines is 1. The second-order valence-electron chi connectivity index (χ2n) is 6.54. The number of ether oxygens (including phenoxy) is 1. The third kappa shape index (κ3) is 4.68. The van der Waals surface area contributed by atoms with Gasteiger partial charge in [0.2, 0.25) is 0 Å². The van der Waals surface area contributed by atoms with Crippen LogP contribution in [0.25, 0.3) is 10.9 Å². The summed E-state index contributed by atoms with van der Waals surface area (Å²) in [5.74, 6) is -0.301. The van der Waals surface area contributed by atoms with Crippen LogP contribution in [0.15, 0.2) is 59.4 Å². The Morgan fingerprint density at radius 2 is 1.76 bits per heavy atom. The third-order valence-corrected chi connectivity index (χ3v) is 4.67. The second-order valence-corrected chi connectivity index (χ2v) is 6.54. The highest BCUT2D eigenvalue weighted by atomic mass is 16.5. The number of hydrogen-bond acceptors (Lipinski definition) is 5. The van der Waals surface area contributed by atoms with E-state index in [0.717, 1.165) is 5.69 Å². The number of likely N-dealkylation sites (N-methyl/N-ethyl adjacent to an activating group) is 1. The summed E-state index contributed by atoms with van der Waals surface area (Å²) in [6, 6.07) is 16.3. The molecule has 0 radical (unpaired) electrons. The Kier molecular flexibility index (Phi) is 6.39. The summed E-state index contributed by atoms with van der Waals surface area (Å²) in [5, 5.41) is 0.535. The number of rotatable bonds is 7. The molecule has 0 spiro atoms. The molecular formula is C22H23N3O4. The summed E-state index contributed by atoms with van der Waals surface area (Å²) < 4.78 is 6.58. The topological polar surface area (TPSA) is 81.5 Å². The highest BCUT2D eigenvalue weighted by Gasteiger charge is 2.16. The van der Waals surface area contributed by atoms with Gasteiger partial charge in [0.15, 0.2) is 6.61 Å². The van der Waals surface area contributed by atoms with Crippen LogP contribution in [0.5, 0.6) is 0 Å². The number of benzene rings is 2. The molecule has 0 aliphatic carbocycles. The molecule has 7 heteroatoms. The van der Waals surface area contributed by atoms with E-state index in [-0.39, 0.29) is 30.9 Å². The maximum absolute atomic E-state index is 12.4. The van der Waals surface area contributed by atoms with Gasteiger partial charge in [0.25, 0.3) is 11.5 Å². The molecule has 150 valence electrons. The Labute approximate surface area is 168 Å². The Morgan fingerprint density at radius 1 is 1.07 bits per heavy atom. The normalized spacial score (nSPS) is 10.7. The highest BCUT2D eigenvalue weighted by molar-refractivity contribution is 5.95. The van der Waals surface area contributed by atoms with Crippen LogP contribution in [0.2, 0.25) is 0 Å². The van der Waals surface area contributed by atoms with Crippen molar-refractivity contribution in [2.75, 3.05) is 18.1 Å². The lowest BCUT2D eigenvalue weighted by Crippen LogP contribution is -2.34. The molecule has 0 N–H and O–H groups in total. The first-order valence-electron chi connectivity index (χ1n) is 9.47. The highest BCUT2D eigenvalue weighted by Crippen LogP contribution is 2.13. The lowest BCUT2D eigenvalue weighted by molar-refractivity contribution is -0.147. The SMILES string of the molecule is CCN(C(=O)COC(=O)CCc1nc2ccccc2c(=O)n1C)c1ccccc1. The quantitative estimate of drug-likeness (QED) is 0.576. The monoisotopic (exact) mass is 393 g/mol. The minimum Gasteiger partial charge on any atom is -0.456 e. The zero-order chi connectivity index (χ0) is 20.8. The third-order valence-electron chi connectivity index (χ3n) is 4.67. The van der Waals surface area contributed by atoms with Gasteiger partial charge in [-0.3, -0.25) is 19.0 Å². The maximum Gasteiger partial charge on any atom is 0.306 e. The number of aromatic nitrogens is 2. The second kappa shape index (κ2) is 9.14. The molecule has 0 fully saturated rings. The Balaban J connectivity index is 1.59. The zero-order valence-corrected chi connectivity index (χ0v) is 16.5. The number of esters is 1. The molecule has 0 unspecified atom stereocenters. The minimum atomic E-state index is -0.509. The van der Waals surface area contributed by atoms with E-state index >= 15 is 0 Å². The van der Waals surface area contributed by atoms with Crippen molar-refractivity contribution in [3.8, 4) is 0 Å². The van der Waals surface area contributed by atoms with Crippen LogP contribution in [0.4, 0.5) is 5.69 Å². The van der Waals surface area contributed by atoms with Crippen molar-refractivity contribution in [2.24, 2.45) is 7.05 Å². The number of carbonyl (C=O) groups is 2. The van der Waals surface area contributed by atoms with Gasteiger partial charge in [-0.15, -0.1) is 0 Å². The van der Waals surface area contributed by atoms with Crippen molar-refractivity contribution in [3.05, 3.63) is 70.8 Å². The Bertz CT molecular complexity index is 1080. The first-order valence-corrected chi connectivity index (χ1v) is 9.47. The van der Waals surface area contributed by atoms with Crippen LogP contribution in [0.1, 0.15) is 19.2 Å². The van der Waals surface area contributed by atoms with Gasteiger partial charge in [0.05, 0.1) is 17.3 Å². The van der Waals surface area contributed by atoms with Crippen molar-refractivity contribution < 1.29 is 14.3 Å². The van der Waals surface area contributed by atoms with E-state index < -0.39 is 5.97 Å². The molecule has 3 aromatic rings. The Morgan fingerprint density at radius 3 is 2.48 bits per heavy atom. The lowest BCUT2D eigenvalue weighted by Gasteiger charge is -2.20. The smallest absolute Gasteiger partial charge is 0.306 e. The number of amides is 1. The summed E-state index contributed by atoms with van der Waals surface area (Å²) in [6.45, 7) is 2.01. The van der Waals surface area contributed by atoms with Crippen LogP contribution < -0.4 is 10.5 Å². The van der Waals surface area contributed by atoms with E-state index in [0.29, 0.717) is 23.3 Å². The molecule has 1 amide bonds. The van der Waals surface area contributed by atoms with Gasteiger partial charge in [-0.05, 0) is 31.2 Å². The van der Waals surface area contributed by atoms with Gasteiger partial charge < -0.3 is 9.64 Å². The van der Waals surface area contributed by atoms with Crippen LogP contribution >= 0.6 is 0 Å². The lowest BCUT2D eigenvalue weighted by atomic mass is 10.2. The molecular weight excluding hydrogens is 370 g/mol. The first kappa shape index (κ1) is 20.3. The minimum absolute atomic E-state index is 0.0311. The zero-order valence-electron chi connectivity index (χ0n) is 16.5. The first-order chi connectivity index (χ1) is 14.0. The van der Waals surface area contributed by atoms with Gasteiger partial charge in [0, 0.05) is 25.7 Å². The predicted octanol–water partition coefficient (Wildman–Crippen LogP) is 2.46. The van der Waals surface area contributed by atoms with Gasteiger partial charge in [-0.2, -0.15) is 0 Å². The standard InChI is InChI=1S/C22H23N3O4/c1-3-25(16-9-5-4-6-10-16)20(26)15-29-21(27)14-13-19-23-18-12-8-7-11-17(18)22(28)24(19)2/h4-12H,3,13-15H2,1-2H3. The largest absolute Gasteiger partial charge is 0.456 e. The van der Waals surface area contributed by atoms with Gasteiger partial charge >= 0.3 is 5.97 Å². The number of aryl methyl sites for hydroxylation is 1. The van der Waals surface area contributed by atoms with Crippen molar-refractivity contribution in [1.82, 2.24) is 9.55 Å². The Hall–Kier alpha value is -3.48. The number of nitrogens with zero attached hydrogens (tertiary/aromatic N) is 3. The van der Waals surface area contributed by atoms with Crippen molar-refractivity contribution in [3.63, 3.8) is 0 Å². The van der Waals surface area contributed by atoms with E-state index in [1.807, 2.05) is 43.3 Å². The van der Waals surface area contributed by atoms with E-state index in [2.05, 4.69) is 4.98 Å². The van der Waals surface area contributed by atoms with Gasteiger partial charge in [-0.1, -0.05) is 30.3 Å².